The van der Waals surface area contributed by atoms with Gasteiger partial charge in [-0.2, -0.15) is 0 Å². The number of likely N-dealkylation sites (N-methyl/N-ethyl adjacent to an activating group) is 1. The van der Waals surface area contributed by atoms with E-state index in [0.29, 0.717) is 0 Å². The highest BCUT2D eigenvalue weighted by Gasteiger charge is 2.33. The number of nitrogens with two attached hydrogens (primary N) is 1. The summed E-state index contributed by atoms with van der Waals surface area (Å²) < 4.78 is 26.6. The van der Waals surface area contributed by atoms with Crippen LogP contribution in [0.4, 0.5) is 8.78 Å². The second-order valence-corrected chi connectivity index (χ2v) is 5.93. The molecular formula is C16H26Cl2F2N4O. The summed E-state index contributed by atoms with van der Waals surface area (Å²) >= 11 is 0. The molecule has 1 fully saturated rings. The maximum absolute atomic E-state index is 13.3. The molecule has 1 aromatic rings. The van der Waals surface area contributed by atoms with Gasteiger partial charge in [-0.25, -0.2) is 8.78 Å². The van der Waals surface area contributed by atoms with Crippen molar-refractivity contribution in [1.29, 1.82) is 0 Å². The number of benzene rings is 1. The van der Waals surface area contributed by atoms with Crippen molar-refractivity contribution < 1.29 is 13.6 Å². The number of hydrogen-bond donors (Lipinski definition) is 2. The van der Waals surface area contributed by atoms with Crippen LogP contribution in [0.15, 0.2) is 30.3 Å². The SMILES string of the molecule is CN1CCN(C(C(=O)NCC(F)(F)CN)c2ccccc2)CC1.Cl.Cl. The Labute approximate surface area is 159 Å². The summed E-state index contributed by atoms with van der Waals surface area (Å²) in [6.07, 6.45) is 0. The van der Waals surface area contributed by atoms with E-state index in [0.717, 1.165) is 31.7 Å². The number of nitrogens with one attached hydrogen (secondary N) is 1. The van der Waals surface area contributed by atoms with Gasteiger partial charge in [0.1, 0.15) is 6.04 Å². The molecule has 0 aromatic heterocycles. The predicted octanol–water partition coefficient (Wildman–Crippen LogP) is 1.53. The van der Waals surface area contributed by atoms with Crippen LogP contribution in [0.25, 0.3) is 0 Å². The molecule has 1 unspecified atom stereocenters. The van der Waals surface area contributed by atoms with Crippen molar-refractivity contribution in [3.05, 3.63) is 35.9 Å². The molecule has 1 aliphatic rings. The lowest BCUT2D eigenvalue weighted by atomic mass is 10.0. The third kappa shape index (κ3) is 7.03. The number of carbonyl (C=O) groups excluding carboxylic acids is 1. The quantitative estimate of drug-likeness (QED) is 0.762. The Morgan fingerprint density at radius 1 is 1.20 bits per heavy atom. The van der Waals surface area contributed by atoms with Gasteiger partial charge in [-0.1, -0.05) is 30.3 Å². The van der Waals surface area contributed by atoms with Gasteiger partial charge < -0.3 is 16.0 Å². The highest BCUT2D eigenvalue weighted by Crippen LogP contribution is 2.22. The number of carbonyl (C=O) groups is 1. The molecule has 0 saturated carbocycles. The lowest BCUT2D eigenvalue weighted by Crippen LogP contribution is -2.51. The predicted molar refractivity (Wildman–Crippen MR) is 99.8 cm³/mol. The number of alkyl halides is 2. The Balaban J connectivity index is 0.00000288. The molecular weight excluding hydrogens is 373 g/mol. The van der Waals surface area contributed by atoms with Crippen LogP contribution in [0.3, 0.4) is 0 Å². The molecule has 1 aliphatic heterocycles. The summed E-state index contributed by atoms with van der Waals surface area (Å²) in [6, 6.07) is 8.71. The summed E-state index contributed by atoms with van der Waals surface area (Å²) in [7, 11) is 2.02. The smallest absolute Gasteiger partial charge is 0.277 e. The van der Waals surface area contributed by atoms with Crippen LogP contribution in [0.5, 0.6) is 0 Å². The first-order valence-electron chi connectivity index (χ1n) is 7.76. The fourth-order valence-corrected chi connectivity index (χ4v) is 2.63. The van der Waals surface area contributed by atoms with Gasteiger partial charge in [0.2, 0.25) is 5.91 Å². The van der Waals surface area contributed by atoms with Crippen molar-refractivity contribution in [2.24, 2.45) is 5.73 Å². The molecule has 144 valence electrons. The second-order valence-electron chi connectivity index (χ2n) is 5.93. The van der Waals surface area contributed by atoms with Crippen LogP contribution >= 0.6 is 24.8 Å². The summed E-state index contributed by atoms with van der Waals surface area (Å²) in [6.45, 7) is 1.61. The average Bonchev–Trinajstić information content (AvgIpc) is 2.56. The van der Waals surface area contributed by atoms with E-state index in [1.165, 1.54) is 0 Å². The van der Waals surface area contributed by atoms with Crippen molar-refractivity contribution >= 4 is 30.7 Å². The summed E-state index contributed by atoms with van der Waals surface area (Å²) in [4.78, 5) is 16.8. The molecule has 1 saturated heterocycles. The molecule has 1 atom stereocenters. The van der Waals surface area contributed by atoms with Crippen LogP contribution in [0.2, 0.25) is 0 Å². The van der Waals surface area contributed by atoms with Crippen molar-refractivity contribution in [3.8, 4) is 0 Å². The van der Waals surface area contributed by atoms with Gasteiger partial charge in [0, 0.05) is 26.2 Å². The van der Waals surface area contributed by atoms with E-state index in [1.54, 1.807) is 0 Å². The summed E-state index contributed by atoms with van der Waals surface area (Å²) in [5, 5.41) is 2.36. The summed E-state index contributed by atoms with van der Waals surface area (Å²) in [5.41, 5.74) is 5.83. The Morgan fingerprint density at radius 3 is 2.28 bits per heavy atom. The topological polar surface area (TPSA) is 61.6 Å². The molecule has 9 heteroatoms. The first-order valence-corrected chi connectivity index (χ1v) is 7.76. The van der Waals surface area contributed by atoms with Crippen LogP contribution < -0.4 is 11.1 Å². The van der Waals surface area contributed by atoms with Gasteiger partial charge in [0.25, 0.3) is 5.92 Å². The Morgan fingerprint density at radius 2 is 1.76 bits per heavy atom. The molecule has 0 aliphatic carbocycles. The van der Waals surface area contributed by atoms with E-state index in [9.17, 15) is 13.6 Å². The van der Waals surface area contributed by atoms with E-state index in [1.807, 2.05) is 42.3 Å². The second kappa shape index (κ2) is 10.9. The highest BCUT2D eigenvalue weighted by atomic mass is 35.5. The number of halogens is 4. The van der Waals surface area contributed by atoms with E-state index >= 15 is 0 Å². The number of nitrogens with zero attached hydrogens (tertiary/aromatic N) is 2. The lowest BCUT2D eigenvalue weighted by molar-refractivity contribution is -0.129. The van der Waals surface area contributed by atoms with E-state index in [4.69, 9.17) is 5.73 Å². The minimum absolute atomic E-state index is 0. The molecule has 1 aromatic carbocycles. The van der Waals surface area contributed by atoms with Gasteiger partial charge in [-0.05, 0) is 12.6 Å². The standard InChI is InChI=1S/C16H24F2N4O.2ClH/c1-21-7-9-22(10-8-21)14(13-5-3-2-4-6-13)15(23)20-12-16(17,18)11-19;;/h2-6,14H,7-12,19H2,1H3,(H,20,23);2*1H. The van der Waals surface area contributed by atoms with Crippen molar-refractivity contribution in [2.75, 3.05) is 46.3 Å². The number of piperazine rings is 1. The largest absolute Gasteiger partial charge is 0.348 e. The maximum atomic E-state index is 13.3. The Bertz CT molecular complexity index is 514. The van der Waals surface area contributed by atoms with Gasteiger partial charge in [-0.15, -0.1) is 24.8 Å². The Kier molecular flexibility index (Phi) is 10.4. The number of hydrogen-bond acceptors (Lipinski definition) is 4. The van der Waals surface area contributed by atoms with Crippen molar-refractivity contribution in [2.45, 2.75) is 12.0 Å². The third-order valence-electron chi connectivity index (χ3n) is 4.09. The molecule has 0 spiro atoms. The normalized spacial score (nSPS) is 17.1. The van der Waals surface area contributed by atoms with Crippen LogP contribution in [0, 0.1) is 0 Å². The first-order chi connectivity index (χ1) is 10.9. The minimum atomic E-state index is -3.08. The zero-order valence-electron chi connectivity index (χ0n) is 14.2. The highest BCUT2D eigenvalue weighted by molar-refractivity contribution is 5.85. The van der Waals surface area contributed by atoms with Crippen LogP contribution in [-0.4, -0.2) is 67.9 Å². The molecule has 1 heterocycles. The number of rotatable bonds is 6. The first kappa shape index (κ1) is 24.0. The molecule has 2 rings (SSSR count). The van der Waals surface area contributed by atoms with Crippen LogP contribution in [-0.2, 0) is 4.79 Å². The van der Waals surface area contributed by atoms with Gasteiger partial charge in [0.15, 0.2) is 0 Å². The maximum Gasteiger partial charge on any atom is 0.277 e. The van der Waals surface area contributed by atoms with Gasteiger partial charge in [-0.3, -0.25) is 9.69 Å². The Hall–Kier alpha value is -0.990. The van der Waals surface area contributed by atoms with Crippen LogP contribution in [0.1, 0.15) is 11.6 Å². The van der Waals surface area contributed by atoms with Crippen molar-refractivity contribution in [1.82, 2.24) is 15.1 Å². The zero-order chi connectivity index (χ0) is 16.9. The van der Waals surface area contributed by atoms with E-state index < -0.39 is 31.0 Å². The molecule has 5 nitrogen and oxygen atoms in total. The van der Waals surface area contributed by atoms with E-state index in [-0.39, 0.29) is 24.8 Å². The van der Waals surface area contributed by atoms with Crippen molar-refractivity contribution in [3.63, 3.8) is 0 Å². The van der Waals surface area contributed by atoms with Gasteiger partial charge >= 0.3 is 0 Å². The third-order valence-corrected chi connectivity index (χ3v) is 4.09. The summed E-state index contributed by atoms with van der Waals surface area (Å²) in [5.74, 6) is -3.49. The minimum Gasteiger partial charge on any atom is -0.348 e. The average molecular weight is 399 g/mol. The molecule has 1 amide bonds. The zero-order valence-corrected chi connectivity index (χ0v) is 15.8. The lowest BCUT2D eigenvalue weighted by Gasteiger charge is -2.37. The van der Waals surface area contributed by atoms with E-state index in [2.05, 4.69) is 10.2 Å². The molecule has 0 radical (unpaired) electrons. The fourth-order valence-electron chi connectivity index (χ4n) is 2.63. The molecule has 0 bridgehead atoms. The van der Waals surface area contributed by atoms with Gasteiger partial charge in [0.05, 0.1) is 13.1 Å². The monoisotopic (exact) mass is 398 g/mol. The molecule has 3 N–H and O–H groups in total. The fraction of sp³-hybridized carbons (Fsp3) is 0.562. The molecule has 25 heavy (non-hydrogen) atoms. The number of amides is 1.